The summed E-state index contributed by atoms with van der Waals surface area (Å²) in [6.07, 6.45) is 1.77. The minimum absolute atomic E-state index is 0.285. The second-order valence-corrected chi connectivity index (χ2v) is 4.29. The van der Waals surface area contributed by atoms with Crippen molar-refractivity contribution >= 4 is 11.5 Å². The smallest absolute Gasteiger partial charge is 0.151 e. The topological polar surface area (TPSA) is 48.4 Å². The van der Waals surface area contributed by atoms with E-state index in [0.717, 1.165) is 17.1 Å². The van der Waals surface area contributed by atoms with Crippen LogP contribution in [0.3, 0.4) is 0 Å². The SMILES string of the molecule is CN(C)c1ncccc1NCc1cccc(O)c1. The number of phenols is 1. The first-order chi connectivity index (χ1) is 8.66. The maximum atomic E-state index is 9.40. The number of pyridine rings is 1. The summed E-state index contributed by atoms with van der Waals surface area (Å²) in [5, 5.41) is 12.7. The van der Waals surface area contributed by atoms with Crippen LogP contribution in [0.2, 0.25) is 0 Å². The number of aromatic hydroxyl groups is 1. The molecule has 0 atom stereocenters. The van der Waals surface area contributed by atoms with Gasteiger partial charge in [-0.3, -0.25) is 0 Å². The average molecular weight is 243 g/mol. The Kier molecular flexibility index (Phi) is 3.67. The van der Waals surface area contributed by atoms with Gasteiger partial charge in [0.1, 0.15) is 5.75 Å². The molecule has 1 aromatic carbocycles. The second kappa shape index (κ2) is 5.40. The fourth-order valence-electron chi connectivity index (χ4n) is 1.76. The van der Waals surface area contributed by atoms with E-state index >= 15 is 0 Å². The number of nitrogens with one attached hydrogen (secondary N) is 1. The van der Waals surface area contributed by atoms with Crippen molar-refractivity contribution < 1.29 is 5.11 Å². The monoisotopic (exact) mass is 243 g/mol. The first kappa shape index (κ1) is 12.2. The molecule has 4 heteroatoms. The molecule has 0 unspecified atom stereocenters. The van der Waals surface area contributed by atoms with Crippen molar-refractivity contribution in [2.75, 3.05) is 24.3 Å². The maximum Gasteiger partial charge on any atom is 0.151 e. The molecule has 0 bridgehead atoms. The Hall–Kier alpha value is -2.23. The van der Waals surface area contributed by atoms with Crippen molar-refractivity contribution in [1.82, 2.24) is 4.98 Å². The fraction of sp³-hybridized carbons (Fsp3) is 0.214. The van der Waals surface area contributed by atoms with E-state index in [1.54, 1.807) is 18.3 Å². The van der Waals surface area contributed by atoms with Crippen LogP contribution in [-0.4, -0.2) is 24.2 Å². The molecule has 0 aliphatic heterocycles. The first-order valence-corrected chi connectivity index (χ1v) is 5.81. The summed E-state index contributed by atoms with van der Waals surface area (Å²) in [5.74, 6) is 1.19. The van der Waals surface area contributed by atoms with E-state index in [1.807, 2.05) is 43.3 Å². The molecule has 4 nitrogen and oxygen atoms in total. The molecule has 0 aliphatic carbocycles. The van der Waals surface area contributed by atoms with Gasteiger partial charge in [-0.25, -0.2) is 4.98 Å². The Morgan fingerprint density at radius 2 is 2.06 bits per heavy atom. The summed E-state index contributed by atoms with van der Waals surface area (Å²) < 4.78 is 0. The molecular formula is C14H17N3O. The van der Waals surface area contributed by atoms with E-state index in [-0.39, 0.29) is 5.75 Å². The van der Waals surface area contributed by atoms with Crippen LogP contribution in [0, 0.1) is 0 Å². The van der Waals surface area contributed by atoms with Crippen molar-refractivity contribution in [3.63, 3.8) is 0 Å². The Labute approximate surface area is 107 Å². The highest BCUT2D eigenvalue weighted by molar-refractivity contribution is 5.64. The third-order valence-corrected chi connectivity index (χ3v) is 2.60. The number of aromatic nitrogens is 1. The zero-order valence-electron chi connectivity index (χ0n) is 10.6. The van der Waals surface area contributed by atoms with Gasteiger partial charge < -0.3 is 15.3 Å². The molecule has 0 fully saturated rings. The largest absolute Gasteiger partial charge is 0.508 e. The van der Waals surface area contributed by atoms with Crippen molar-refractivity contribution in [2.24, 2.45) is 0 Å². The van der Waals surface area contributed by atoms with Crippen LogP contribution in [0.4, 0.5) is 11.5 Å². The zero-order valence-corrected chi connectivity index (χ0v) is 10.6. The fourth-order valence-corrected chi connectivity index (χ4v) is 1.76. The molecule has 1 aromatic heterocycles. The number of hydrogen-bond donors (Lipinski definition) is 2. The number of hydrogen-bond acceptors (Lipinski definition) is 4. The van der Waals surface area contributed by atoms with Gasteiger partial charge in [-0.15, -0.1) is 0 Å². The lowest BCUT2D eigenvalue weighted by Gasteiger charge is -2.16. The summed E-state index contributed by atoms with van der Waals surface area (Å²) >= 11 is 0. The zero-order chi connectivity index (χ0) is 13.0. The van der Waals surface area contributed by atoms with E-state index in [0.29, 0.717) is 6.54 Å². The molecule has 0 saturated heterocycles. The molecule has 94 valence electrons. The van der Waals surface area contributed by atoms with Crippen molar-refractivity contribution in [2.45, 2.75) is 6.54 Å². The molecule has 18 heavy (non-hydrogen) atoms. The van der Waals surface area contributed by atoms with Gasteiger partial charge in [0.15, 0.2) is 5.82 Å². The molecule has 0 radical (unpaired) electrons. The van der Waals surface area contributed by atoms with Crippen LogP contribution in [0.1, 0.15) is 5.56 Å². The van der Waals surface area contributed by atoms with Crippen LogP contribution in [0.5, 0.6) is 5.75 Å². The van der Waals surface area contributed by atoms with E-state index < -0.39 is 0 Å². The van der Waals surface area contributed by atoms with Crippen LogP contribution < -0.4 is 10.2 Å². The molecule has 2 aromatic rings. The van der Waals surface area contributed by atoms with Gasteiger partial charge in [0.2, 0.25) is 0 Å². The highest BCUT2D eigenvalue weighted by Crippen LogP contribution is 2.21. The molecule has 0 saturated carbocycles. The molecule has 2 rings (SSSR count). The van der Waals surface area contributed by atoms with Crippen molar-refractivity contribution in [3.05, 3.63) is 48.2 Å². The summed E-state index contributed by atoms with van der Waals surface area (Å²) in [6.45, 7) is 0.654. The molecule has 0 aliphatic rings. The highest BCUT2D eigenvalue weighted by atomic mass is 16.3. The Morgan fingerprint density at radius 3 is 2.78 bits per heavy atom. The summed E-state index contributed by atoms with van der Waals surface area (Å²) in [7, 11) is 3.92. The van der Waals surface area contributed by atoms with Crippen molar-refractivity contribution in [1.29, 1.82) is 0 Å². The van der Waals surface area contributed by atoms with Crippen LogP contribution in [0.15, 0.2) is 42.6 Å². The average Bonchev–Trinajstić information content (AvgIpc) is 2.37. The third kappa shape index (κ3) is 2.91. The number of nitrogens with zero attached hydrogens (tertiary/aromatic N) is 2. The summed E-state index contributed by atoms with van der Waals surface area (Å²) in [6, 6.07) is 11.1. The highest BCUT2D eigenvalue weighted by Gasteiger charge is 2.04. The summed E-state index contributed by atoms with van der Waals surface area (Å²) in [5.41, 5.74) is 2.01. The number of benzene rings is 1. The van der Waals surface area contributed by atoms with Crippen LogP contribution in [-0.2, 0) is 6.54 Å². The van der Waals surface area contributed by atoms with Gasteiger partial charge >= 0.3 is 0 Å². The minimum Gasteiger partial charge on any atom is -0.508 e. The van der Waals surface area contributed by atoms with Gasteiger partial charge in [0, 0.05) is 26.8 Å². The van der Waals surface area contributed by atoms with Gasteiger partial charge in [0.25, 0.3) is 0 Å². The second-order valence-electron chi connectivity index (χ2n) is 4.29. The molecule has 2 N–H and O–H groups in total. The van der Waals surface area contributed by atoms with Crippen LogP contribution in [0.25, 0.3) is 0 Å². The van der Waals surface area contributed by atoms with Gasteiger partial charge in [-0.1, -0.05) is 12.1 Å². The van der Waals surface area contributed by atoms with Gasteiger partial charge in [0.05, 0.1) is 5.69 Å². The van der Waals surface area contributed by atoms with Gasteiger partial charge in [-0.05, 0) is 29.8 Å². The minimum atomic E-state index is 0.285. The first-order valence-electron chi connectivity index (χ1n) is 5.81. The third-order valence-electron chi connectivity index (χ3n) is 2.60. The predicted molar refractivity (Wildman–Crippen MR) is 74.0 cm³/mol. The van der Waals surface area contributed by atoms with Crippen LogP contribution >= 0.6 is 0 Å². The molecule has 1 heterocycles. The normalized spacial score (nSPS) is 10.1. The Morgan fingerprint density at radius 1 is 1.22 bits per heavy atom. The van der Waals surface area contributed by atoms with E-state index in [2.05, 4.69) is 10.3 Å². The number of anilines is 2. The maximum absolute atomic E-state index is 9.40. The van der Waals surface area contributed by atoms with E-state index in [4.69, 9.17) is 0 Å². The number of phenolic OH excluding ortho intramolecular Hbond substituents is 1. The lowest BCUT2D eigenvalue weighted by molar-refractivity contribution is 0.474. The lowest BCUT2D eigenvalue weighted by atomic mass is 10.2. The molecule has 0 spiro atoms. The summed E-state index contributed by atoms with van der Waals surface area (Å²) in [4.78, 5) is 6.29. The lowest BCUT2D eigenvalue weighted by Crippen LogP contribution is -2.13. The van der Waals surface area contributed by atoms with Crippen molar-refractivity contribution in [3.8, 4) is 5.75 Å². The number of rotatable bonds is 4. The Balaban J connectivity index is 2.11. The van der Waals surface area contributed by atoms with Gasteiger partial charge in [-0.2, -0.15) is 0 Å². The molecule has 0 amide bonds. The quantitative estimate of drug-likeness (QED) is 0.866. The van der Waals surface area contributed by atoms with E-state index in [1.165, 1.54) is 0 Å². The Bertz CT molecular complexity index is 526. The predicted octanol–water partition coefficient (Wildman–Crippen LogP) is 2.47. The standard InChI is InChI=1S/C14H17N3O/c1-17(2)14-13(7-4-8-15-14)16-10-11-5-3-6-12(18)9-11/h3-9,16,18H,10H2,1-2H3. The van der Waals surface area contributed by atoms with E-state index in [9.17, 15) is 5.11 Å². The molecular weight excluding hydrogens is 226 g/mol.